The van der Waals surface area contributed by atoms with E-state index < -0.39 is 0 Å². The van der Waals surface area contributed by atoms with Gasteiger partial charge in [-0.15, -0.1) is 0 Å². The zero-order chi connectivity index (χ0) is 12.4. The SMILES string of the molecule is Cc1cc(Nc2cc(C(C)C)c(Cl)cn2)on1. The van der Waals surface area contributed by atoms with Gasteiger partial charge in [-0.3, -0.25) is 0 Å². The summed E-state index contributed by atoms with van der Waals surface area (Å²) in [5.41, 5.74) is 1.88. The Balaban J connectivity index is 2.25. The topological polar surface area (TPSA) is 51.0 Å². The van der Waals surface area contributed by atoms with E-state index in [4.69, 9.17) is 16.1 Å². The Labute approximate surface area is 105 Å². The van der Waals surface area contributed by atoms with Gasteiger partial charge < -0.3 is 9.84 Å². The molecule has 4 nitrogen and oxygen atoms in total. The number of hydrogen-bond acceptors (Lipinski definition) is 4. The largest absolute Gasteiger partial charge is 0.338 e. The molecule has 2 aromatic rings. The lowest BCUT2D eigenvalue weighted by atomic mass is 10.1. The van der Waals surface area contributed by atoms with Crippen molar-refractivity contribution < 1.29 is 4.52 Å². The van der Waals surface area contributed by atoms with E-state index in [-0.39, 0.29) is 0 Å². The van der Waals surface area contributed by atoms with Crippen molar-refractivity contribution in [2.75, 3.05) is 5.32 Å². The van der Waals surface area contributed by atoms with Crippen LogP contribution in [-0.4, -0.2) is 10.1 Å². The van der Waals surface area contributed by atoms with Gasteiger partial charge in [0.05, 0.1) is 10.7 Å². The van der Waals surface area contributed by atoms with Crippen LogP contribution in [0.1, 0.15) is 31.0 Å². The molecular weight excluding hydrogens is 238 g/mol. The Morgan fingerprint density at radius 3 is 2.71 bits per heavy atom. The van der Waals surface area contributed by atoms with Gasteiger partial charge in [-0.2, -0.15) is 0 Å². The molecule has 0 aliphatic heterocycles. The lowest BCUT2D eigenvalue weighted by Crippen LogP contribution is -1.96. The van der Waals surface area contributed by atoms with Gasteiger partial charge in [0, 0.05) is 12.3 Å². The molecule has 0 bridgehead atoms. The van der Waals surface area contributed by atoms with Crippen molar-refractivity contribution in [3.8, 4) is 0 Å². The van der Waals surface area contributed by atoms with E-state index in [9.17, 15) is 0 Å². The average molecular weight is 252 g/mol. The van der Waals surface area contributed by atoms with Gasteiger partial charge in [-0.05, 0) is 24.5 Å². The molecule has 0 saturated carbocycles. The van der Waals surface area contributed by atoms with Gasteiger partial charge in [-0.1, -0.05) is 30.6 Å². The van der Waals surface area contributed by atoms with Crippen LogP contribution in [0.3, 0.4) is 0 Å². The summed E-state index contributed by atoms with van der Waals surface area (Å²) in [6, 6.07) is 3.73. The van der Waals surface area contributed by atoms with E-state index >= 15 is 0 Å². The molecule has 0 radical (unpaired) electrons. The molecule has 0 amide bonds. The maximum atomic E-state index is 6.07. The third-order valence-corrected chi connectivity index (χ3v) is 2.70. The number of nitrogens with one attached hydrogen (secondary N) is 1. The minimum atomic E-state index is 0.350. The highest BCUT2D eigenvalue weighted by Gasteiger charge is 2.08. The minimum Gasteiger partial charge on any atom is -0.338 e. The zero-order valence-corrected chi connectivity index (χ0v) is 10.7. The number of halogens is 1. The zero-order valence-electron chi connectivity index (χ0n) is 9.99. The number of nitrogens with zero attached hydrogens (tertiary/aromatic N) is 2. The fraction of sp³-hybridized carbons (Fsp3) is 0.333. The molecule has 0 unspecified atom stereocenters. The molecular formula is C12H14ClN3O. The highest BCUT2D eigenvalue weighted by molar-refractivity contribution is 6.31. The molecule has 0 aliphatic carbocycles. The number of aromatic nitrogens is 2. The summed E-state index contributed by atoms with van der Waals surface area (Å²) in [6.07, 6.45) is 1.64. The molecule has 0 aliphatic rings. The predicted molar refractivity (Wildman–Crippen MR) is 67.9 cm³/mol. The summed E-state index contributed by atoms with van der Waals surface area (Å²) in [5, 5.41) is 7.52. The van der Waals surface area contributed by atoms with E-state index in [2.05, 4.69) is 29.3 Å². The summed E-state index contributed by atoms with van der Waals surface area (Å²) in [5.74, 6) is 1.63. The first-order valence-electron chi connectivity index (χ1n) is 5.42. The van der Waals surface area contributed by atoms with Crippen molar-refractivity contribution in [3.05, 3.63) is 34.6 Å². The second-order valence-electron chi connectivity index (χ2n) is 4.20. The number of rotatable bonds is 3. The smallest absolute Gasteiger partial charge is 0.230 e. The molecule has 2 aromatic heterocycles. The minimum absolute atomic E-state index is 0.350. The molecule has 0 aromatic carbocycles. The molecule has 5 heteroatoms. The first-order valence-corrected chi connectivity index (χ1v) is 5.80. The molecule has 2 rings (SSSR count). The van der Waals surface area contributed by atoms with E-state index in [1.54, 1.807) is 6.20 Å². The van der Waals surface area contributed by atoms with E-state index in [1.807, 2.05) is 19.1 Å². The predicted octanol–water partition coefficient (Wildman–Crippen LogP) is 3.90. The van der Waals surface area contributed by atoms with Crippen molar-refractivity contribution in [2.45, 2.75) is 26.7 Å². The second-order valence-corrected chi connectivity index (χ2v) is 4.61. The lowest BCUT2D eigenvalue weighted by Gasteiger charge is -2.09. The van der Waals surface area contributed by atoms with Crippen LogP contribution in [0, 0.1) is 6.92 Å². The molecule has 0 fully saturated rings. The fourth-order valence-corrected chi connectivity index (χ4v) is 1.84. The highest BCUT2D eigenvalue weighted by atomic mass is 35.5. The number of aryl methyl sites for hydroxylation is 1. The summed E-state index contributed by atoms with van der Waals surface area (Å²) in [4.78, 5) is 4.20. The van der Waals surface area contributed by atoms with Crippen LogP contribution < -0.4 is 5.32 Å². The maximum Gasteiger partial charge on any atom is 0.230 e. The molecule has 90 valence electrons. The van der Waals surface area contributed by atoms with Gasteiger partial charge in [-0.25, -0.2) is 4.98 Å². The Kier molecular flexibility index (Phi) is 3.33. The molecule has 17 heavy (non-hydrogen) atoms. The van der Waals surface area contributed by atoms with Crippen molar-refractivity contribution in [2.24, 2.45) is 0 Å². The van der Waals surface area contributed by atoms with Crippen molar-refractivity contribution in [1.82, 2.24) is 10.1 Å². The van der Waals surface area contributed by atoms with Gasteiger partial charge >= 0.3 is 0 Å². The molecule has 0 spiro atoms. The second kappa shape index (κ2) is 4.75. The molecule has 0 atom stereocenters. The van der Waals surface area contributed by atoms with Crippen LogP contribution in [0.4, 0.5) is 11.7 Å². The number of pyridine rings is 1. The van der Waals surface area contributed by atoms with Crippen LogP contribution in [0.2, 0.25) is 5.02 Å². The Morgan fingerprint density at radius 2 is 2.12 bits per heavy atom. The van der Waals surface area contributed by atoms with Crippen LogP contribution in [0.15, 0.2) is 22.9 Å². The third-order valence-electron chi connectivity index (χ3n) is 2.39. The Hall–Kier alpha value is -1.55. The quantitative estimate of drug-likeness (QED) is 0.899. The Morgan fingerprint density at radius 1 is 1.35 bits per heavy atom. The summed E-state index contributed by atoms with van der Waals surface area (Å²) >= 11 is 6.07. The molecule has 2 heterocycles. The fourth-order valence-electron chi connectivity index (χ4n) is 1.51. The number of hydrogen-bond donors (Lipinski definition) is 1. The number of anilines is 2. The van der Waals surface area contributed by atoms with Gasteiger partial charge in [0.2, 0.25) is 5.88 Å². The van der Waals surface area contributed by atoms with Crippen LogP contribution in [-0.2, 0) is 0 Å². The van der Waals surface area contributed by atoms with Gasteiger partial charge in [0.15, 0.2) is 0 Å². The van der Waals surface area contributed by atoms with Crippen molar-refractivity contribution in [1.29, 1.82) is 0 Å². The van der Waals surface area contributed by atoms with E-state index in [0.29, 0.717) is 22.6 Å². The average Bonchev–Trinajstić information content (AvgIpc) is 2.66. The monoisotopic (exact) mass is 251 g/mol. The lowest BCUT2D eigenvalue weighted by molar-refractivity contribution is 0.429. The summed E-state index contributed by atoms with van der Waals surface area (Å²) in [7, 11) is 0. The standard InChI is InChI=1S/C12H14ClN3O/c1-7(2)9-5-11(14-6-10(9)13)15-12-4-8(3)16-17-12/h4-7H,1-3H3,(H,14,15). The summed E-state index contributed by atoms with van der Waals surface area (Å²) < 4.78 is 5.06. The van der Waals surface area contributed by atoms with E-state index in [1.165, 1.54) is 0 Å². The van der Waals surface area contributed by atoms with Crippen molar-refractivity contribution in [3.63, 3.8) is 0 Å². The third kappa shape index (κ3) is 2.77. The highest BCUT2D eigenvalue weighted by Crippen LogP contribution is 2.26. The molecule has 1 N–H and O–H groups in total. The maximum absolute atomic E-state index is 6.07. The first kappa shape index (κ1) is 11.9. The van der Waals surface area contributed by atoms with Crippen LogP contribution >= 0.6 is 11.6 Å². The van der Waals surface area contributed by atoms with Crippen LogP contribution in [0.25, 0.3) is 0 Å². The molecule has 0 saturated heterocycles. The van der Waals surface area contributed by atoms with E-state index in [0.717, 1.165) is 11.3 Å². The summed E-state index contributed by atoms with van der Waals surface area (Å²) in [6.45, 7) is 6.04. The van der Waals surface area contributed by atoms with Gasteiger partial charge in [0.25, 0.3) is 0 Å². The van der Waals surface area contributed by atoms with Gasteiger partial charge in [0.1, 0.15) is 5.82 Å². The van der Waals surface area contributed by atoms with Crippen LogP contribution in [0.5, 0.6) is 0 Å². The Bertz CT molecular complexity index is 522. The van der Waals surface area contributed by atoms with Crippen molar-refractivity contribution >= 4 is 23.3 Å². The normalized spacial score (nSPS) is 10.9. The first-order chi connectivity index (χ1) is 8.06.